The molecule has 2 aliphatic rings. The number of rotatable bonds is 4. The Morgan fingerprint density at radius 3 is 2.79 bits per heavy atom. The van der Waals surface area contributed by atoms with Gasteiger partial charge in [-0.15, -0.1) is 11.3 Å². The summed E-state index contributed by atoms with van der Waals surface area (Å²) < 4.78 is 11.3. The van der Waals surface area contributed by atoms with Gasteiger partial charge in [-0.05, 0) is 64.3 Å². The second-order valence-corrected chi connectivity index (χ2v) is 9.72. The van der Waals surface area contributed by atoms with Gasteiger partial charge in [0.25, 0.3) is 5.78 Å². The number of aromatic hydroxyl groups is 1. The van der Waals surface area contributed by atoms with Crippen LogP contribution >= 0.6 is 27.3 Å². The number of amides is 1. The fraction of sp³-hybridized carbons (Fsp3) is 0.208. The molecular weight excluding hydrogens is 524 g/mol. The van der Waals surface area contributed by atoms with Gasteiger partial charge in [0.15, 0.2) is 16.6 Å². The number of aliphatic hydroxyl groups excluding tert-OH is 1. The number of anilines is 1. The van der Waals surface area contributed by atoms with Crippen LogP contribution in [0.25, 0.3) is 5.76 Å². The third kappa shape index (κ3) is 3.54. The minimum absolute atomic E-state index is 0.0182. The van der Waals surface area contributed by atoms with Crippen LogP contribution < -0.4 is 14.4 Å². The summed E-state index contributed by atoms with van der Waals surface area (Å²) >= 11 is 4.50. The normalized spacial score (nSPS) is 21.0. The number of benzene rings is 2. The minimum atomic E-state index is -0.986. The second-order valence-electron chi connectivity index (χ2n) is 7.99. The number of phenolic OH excluding ortho intramolecular Hbond substituents is 1. The number of nitrogens with zero attached hydrogens (tertiary/aromatic N) is 2. The smallest absolute Gasteiger partial charge is 0.301 e. The average molecular weight is 543 g/mol. The van der Waals surface area contributed by atoms with Crippen molar-refractivity contribution in [1.29, 1.82) is 0 Å². The summed E-state index contributed by atoms with van der Waals surface area (Å²) in [6, 6.07) is 7.31. The van der Waals surface area contributed by atoms with E-state index in [1.165, 1.54) is 35.6 Å². The van der Waals surface area contributed by atoms with Crippen LogP contribution in [-0.2, 0) is 16.0 Å². The van der Waals surface area contributed by atoms with Crippen LogP contribution in [0.4, 0.5) is 5.13 Å². The fourth-order valence-electron chi connectivity index (χ4n) is 4.31. The van der Waals surface area contributed by atoms with Crippen molar-refractivity contribution in [2.75, 3.05) is 12.0 Å². The Labute approximate surface area is 207 Å². The highest BCUT2D eigenvalue weighted by Gasteiger charge is 2.48. The summed E-state index contributed by atoms with van der Waals surface area (Å²) in [7, 11) is 1.40. The van der Waals surface area contributed by atoms with E-state index >= 15 is 0 Å². The van der Waals surface area contributed by atoms with E-state index in [4.69, 9.17) is 9.47 Å². The van der Waals surface area contributed by atoms with Gasteiger partial charge in [-0.2, -0.15) is 0 Å². The van der Waals surface area contributed by atoms with E-state index in [-0.39, 0.29) is 28.9 Å². The molecule has 1 fully saturated rings. The maximum atomic E-state index is 13.3. The largest absolute Gasteiger partial charge is 0.507 e. The van der Waals surface area contributed by atoms with Crippen LogP contribution in [0, 0.1) is 0 Å². The molecule has 0 radical (unpaired) electrons. The van der Waals surface area contributed by atoms with Crippen molar-refractivity contribution >= 4 is 49.8 Å². The molecule has 8 nitrogen and oxygen atoms in total. The Hall–Kier alpha value is -3.37. The van der Waals surface area contributed by atoms with Crippen molar-refractivity contribution in [2.24, 2.45) is 0 Å². The zero-order valence-corrected chi connectivity index (χ0v) is 20.5. The number of methoxy groups -OCH3 is 1. The number of ether oxygens (including phenoxy) is 2. The summed E-state index contributed by atoms with van der Waals surface area (Å²) in [5.74, 6) is -1.17. The third-order valence-corrected chi connectivity index (χ3v) is 7.20. The lowest BCUT2D eigenvalue weighted by atomic mass is 9.94. The SMILES string of the molecule is COc1cc([C@H]2C(=C(O)c3ccc4c(c3)C[C@H](C)O4)C(=O)C(=O)N2c2nccs2)cc(Br)c1O. The van der Waals surface area contributed by atoms with E-state index in [2.05, 4.69) is 20.9 Å². The molecule has 0 saturated carbocycles. The lowest BCUT2D eigenvalue weighted by Crippen LogP contribution is -2.29. The molecule has 2 aliphatic heterocycles. The highest BCUT2D eigenvalue weighted by atomic mass is 79.9. The standard InChI is InChI=1S/C24H19BrN2O6S/c1-11-7-13-8-12(3-4-16(13)33-11)20(28)18-19(14-9-15(25)21(29)17(10-14)32-2)27(23(31)22(18)30)24-26-5-6-34-24/h3-6,8-11,19,28-29H,7H2,1-2H3/t11-,19-/m0/s1. The first-order chi connectivity index (χ1) is 16.3. The summed E-state index contributed by atoms with van der Waals surface area (Å²) in [5.41, 5.74) is 1.70. The zero-order valence-electron chi connectivity index (χ0n) is 18.1. The number of ketones is 1. The molecule has 2 aromatic carbocycles. The predicted molar refractivity (Wildman–Crippen MR) is 129 cm³/mol. The lowest BCUT2D eigenvalue weighted by Gasteiger charge is -2.24. The molecule has 1 amide bonds. The van der Waals surface area contributed by atoms with Crippen LogP contribution in [0.3, 0.4) is 0 Å². The first kappa shape index (κ1) is 22.4. The van der Waals surface area contributed by atoms with Gasteiger partial charge in [-0.25, -0.2) is 4.98 Å². The molecule has 5 rings (SSSR count). The van der Waals surface area contributed by atoms with Gasteiger partial charge in [0, 0.05) is 23.6 Å². The van der Waals surface area contributed by atoms with Crippen molar-refractivity contribution in [3.05, 3.63) is 68.6 Å². The van der Waals surface area contributed by atoms with Gasteiger partial charge >= 0.3 is 5.91 Å². The number of Topliss-reactive ketones (excluding diaryl/α,β-unsaturated/α-hetero) is 1. The van der Waals surface area contributed by atoms with Gasteiger partial charge in [-0.1, -0.05) is 0 Å². The van der Waals surface area contributed by atoms with E-state index < -0.39 is 17.7 Å². The predicted octanol–water partition coefficient (Wildman–Crippen LogP) is 4.57. The van der Waals surface area contributed by atoms with Crippen LogP contribution in [-0.4, -0.2) is 40.1 Å². The molecule has 1 aromatic heterocycles. The molecular formula is C24H19BrN2O6S. The number of aliphatic hydroxyl groups is 1. The molecule has 34 heavy (non-hydrogen) atoms. The van der Waals surface area contributed by atoms with Crippen LogP contribution in [0.2, 0.25) is 0 Å². The van der Waals surface area contributed by atoms with Crippen molar-refractivity contribution < 1.29 is 29.3 Å². The van der Waals surface area contributed by atoms with E-state index in [0.717, 1.165) is 11.3 Å². The van der Waals surface area contributed by atoms with Gasteiger partial charge in [0.1, 0.15) is 17.6 Å². The van der Waals surface area contributed by atoms with E-state index in [0.29, 0.717) is 27.2 Å². The number of aromatic nitrogens is 1. The highest BCUT2D eigenvalue weighted by Crippen LogP contribution is 2.46. The number of hydrogen-bond donors (Lipinski definition) is 2. The number of thiazole rings is 1. The van der Waals surface area contributed by atoms with E-state index in [9.17, 15) is 19.8 Å². The topological polar surface area (TPSA) is 109 Å². The van der Waals surface area contributed by atoms with Crippen molar-refractivity contribution in [1.82, 2.24) is 4.98 Å². The number of halogens is 1. The number of carbonyl (C=O) groups excluding carboxylic acids is 2. The summed E-state index contributed by atoms with van der Waals surface area (Å²) in [4.78, 5) is 31.9. The summed E-state index contributed by atoms with van der Waals surface area (Å²) in [6.45, 7) is 1.95. The molecule has 10 heteroatoms. The average Bonchev–Trinajstić information content (AvgIpc) is 3.53. The quantitative estimate of drug-likeness (QED) is 0.282. The fourth-order valence-corrected chi connectivity index (χ4v) is 5.44. The third-order valence-electron chi connectivity index (χ3n) is 5.83. The number of hydrogen-bond acceptors (Lipinski definition) is 8. The Kier molecular flexibility index (Phi) is 5.57. The van der Waals surface area contributed by atoms with Crippen LogP contribution in [0.5, 0.6) is 17.2 Å². The molecule has 0 spiro atoms. The minimum Gasteiger partial charge on any atom is -0.507 e. The van der Waals surface area contributed by atoms with Crippen molar-refractivity contribution in [3.8, 4) is 17.2 Å². The number of phenols is 1. The number of carbonyl (C=O) groups is 2. The molecule has 0 bridgehead atoms. The Bertz CT molecular complexity index is 1350. The molecule has 3 aromatic rings. The van der Waals surface area contributed by atoms with Crippen molar-refractivity contribution in [3.63, 3.8) is 0 Å². The maximum Gasteiger partial charge on any atom is 0.301 e. The summed E-state index contributed by atoms with van der Waals surface area (Å²) in [6.07, 6.45) is 2.23. The number of fused-ring (bicyclic) bond motifs is 1. The Balaban J connectivity index is 1.72. The molecule has 2 N–H and O–H groups in total. The first-order valence-corrected chi connectivity index (χ1v) is 12.0. The lowest BCUT2D eigenvalue weighted by molar-refractivity contribution is -0.132. The van der Waals surface area contributed by atoms with Gasteiger partial charge in [0.2, 0.25) is 0 Å². The van der Waals surface area contributed by atoms with Gasteiger partial charge < -0.3 is 19.7 Å². The maximum absolute atomic E-state index is 13.3. The monoisotopic (exact) mass is 542 g/mol. The highest BCUT2D eigenvalue weighted by molar-refractivity contribution is 9.10. The molecule has 1 saturated heterocycles. The van der Waals surface area contributed by atoms with Crippen LogP contribution in [0.15, 0.2) is 52.0 Å². The Morgan fingerprint density at radius 2 is 2.09 bits per heavy atom. The molecule has 0 unspecified atom stereocenters. The molecule has 0 aliphatic carbocycles. The van der Waals surface area contributed by atoms with E-state index in [1.807, 2.05) is 6.92 Å². The molecule has 2 atom stereocenters. The first-order valence-electron chi connectivity index (χ1n) is 10.4. The second kappa shape index (κ2) is 8.44. The van der Waals surface area contributed by atoms with Crippen LogP contribution in [0.1, 0.15) is 29.7 Å². The van der Waals surface area contributed by atoms with E-state index in [1.54, 1.807) is 29.6 Å². The zero-order chi connectivity index (χ0) is 24.1. The van der Waals surface area contributed by atoms with Crippen molar-refractivity contribution in [2.45, 2.75) is 25.5 Å². The molecule has 3 heterocycles. The molecule has 174 valence electrons. The van der Waals surface area contributed by atoms with Gasteiger partial charge in [-0.3, -0.25) is 14.5 Å². The summed E-state index contributed by atoms with van der Waals surface area (Å²) in [5, 5.41) is 23.6. The van der Waals surface area contributed by atoms with Gasteiger partial charge in [0.05, 0.1) is 23.2 Å². The Morgan fingerprint density at radius 1 is 1.29 bits per heavy atom.